The minimum atomic E-state index is -1.10. The van der Waals surface area contributed by atoms with Crippen LogP contribution < -0.4 is 4.74 Å². The summed E-state index contributed by atoms with van der Waals surface area (Å²) < 4.78 is 5.70. The number of carboxylic acids is 2. The summed E-state index contributed by atoms with van der Waals surface area (Å²) in [6, 6.07) is 4.35. The third-order valence-electron chi connectivity index (χ3n) is 2.27. The highest BCUT2D eigenvalue weighted by Gasteiger charge is 2.19. The molecule has 0 spiro atoms. The predicted molar refractivity (Wildman–Crippen MR) is 68.1 cm³/mol. The normalized spacial score (nSPS) is 11.9. The lowest BCUT2D eigenvalue weighted by Crippen LogP contribution is -2.26. The minimum absolute atomic E-state index is 0.0353. The van der Waals surface area contributed by atoms with Gasteiger partial charge in [-0.05, 0) is 40.5 Å². The molecule has 0 aliphatic heterocycles. The van der Waals surface area contributed by atoms with Gasteiger partial charge >= 0.3 is 11.9 Å². The summed E-state index contributed by atoms with van der Waals surface area (Å²) in [6.45, 7) is 1.85. The lowest BCUT2D eigenvalue weighted by atomic mass is 10.2. The fraction of sp³-hybridized carbons (Fsp3) is 0.333. The monoisotopic (exact) mass is 316 g/mol. The molecule has 1 unspecified atom stereocenters. The van der Waals surface area contributed by atoms with E-state index in [2.05, 4.69) is 15.9 Å². The van der Waals surface area contributed by atoms with Crippen molar-refractivity contribution in [3.63, 3.8) is 0 Å². The van der Waals surface area contributed by atoms with Gasteiger partial charge in [0.1, 0.15) is 5.75 Å². The Bertz CT molecular complexity index is 458. The molecule has 98 valence electrons. The molecule has 0 aliphatic rings. The number of benzene rings is 1. The molecule has 0 saturated carbocycles. The smallest absolute Gasteiger partial charge is 0.344 e. The molecule has 18 heavy (non-hydrogen) atoms. The predicted octanol–water partition coefficient (Wildman–Crippen LogP) is 2.78. The molecule has 1 atom stereocenters. The van der Waals surface area contributed by atoms with Gasteiger partial charge in [-0.1, -0.05) is 13.3 Å². The Hall–Kier alpha value is -1.56. The lowest BCUT2D eigenvalue weighted by Gasteiger charge is -2.14. The molecule has 1 aromatic rings. The van der Waals surface area contributed by atoms with Gasteiger partial charge in [0.2, 0.25) is 0 Å². The van der Waals surface area contributed by atoms with E-state index < -0.39 is 18.0 Å². The lowest BCUT2D eigenvalue weighted by molar-refractivity contribution is -0.145. The van der Waals surface area contributed by atoms with Gasteiger partial charge in [0.15, 0.2) is 6.10 Å². The number of hydrogen-bond donors (Lipinski definition) is 2. The van der Waals surface area contributed by atoms with E-state index in [1.807, 2.05) is 6.92 Å². The van der Waals surface area contributed by atoms with Crippen LogP contribution in [0.4, 0.5) is 0 Å². The van der Waals surface area contributed by atoms with Crippen LogP contribution in [0.1, 0.15) is 30.1 Å². The molecular formula is C12H13BrO5. The van der Waals surface area contributed by atoms with Crippen molar-refractivity contribution in [2.75, 3.05) is 0 Å². The van der Waals surface area contributed by atoms with Gasteiger partial charge in [-0.15, -0.1) is 0 Å². The van der Waals surface area contributed by atoms with E-state index in [4.69, 9.17) is 14.9 Å². The molecular weight excluding hydrogens is 304 g/mol. The van der Waals surface area contributed by atoms with Crippen LogP contribution in [0.5, 0.6) is 5.75 Å². The van der Waals surface area contributed by atoms with E-state index in [9.17, 15) is 9.59 Å². The van der Waals surface area contributed by atoms with E-state index in [1.165, 1.54) is 18.2 Å². The molecule has 0 aromatic heterocycles. The number of hydrogen-bond acceptors (Lipinski definition) is 3. The summed E-state index contributed by atoms with van der Waals surface area (Å²) >= 11 is 3.10. The van der Waals surface area contributed by atoms with Gasteiger partial charge < -0.3 is 14.9 Å². The van der Waals surface area contributed by atoms with Gasteiger partial charge in [-0.3, -0.25) is 0 Å². The van der Waals surface area contributed by atoms with E-state index in [-0.39, 0.29) is 11.3 Å². The fourth-order valence-electron chi connectivity index (χ4n) is 1.40. The largest absolute Gasteiger partial charge is 0.479 e. The zero-order chi connectivity index (χ0) is 13.7. The van der Waals surface area contributed by atoms with Crippen molar-refractivity contribution in [1.29, 1.82) is 0 Å². The van der Waals surface area contributed by atoms with Crippen molar-refractivity contribution < 1.29 is 24.5 Å². The van der Waals surface area contributed by atoms with Gasteiger partial charge in [0.25, 0.3) is 0 Å². The molecule has 0 bridgehead atoms. The maximum Gasteiger partial charge on any atom is 0.344 e. The molecule has 6 heteroatoms. The molecule has 0 radical (unpaired) electrons. The fourth-order valence-corrected chi connectivity index (χ4v) is 1.82. The summed E-state index contributed by atoms with van der Waals surface area (Å²) in [5.74, 6) is -1.93. The molecule has 0 saturated heterocycles. The Kier molecular flexibility index (Phi) is 5.15. The maximum atomic E-state index is 10.9. The van der Waals surface area contributed by atoms with E-state index >= 15 is 0 Å². The summed E-state index contributed by atoms with van der Waals surface area (Å²) in [5.41, 5.74) is 0.0353. The molecule has 1 aromatic carbocycles. The standard InChI is InChI=1S/C12H13BrO5/c1-2-3-10(12(16)17)18-7-4-5-9(13)8(6-7)11(14)15/h4-6,10H,2-3H2,1H3,(H,14,15)(H,16,17). The molecule has 0 fully saturated rings. The summed E-state index contributed by atoms with van der Waals surface area (Å²) in [6.07, 6.45) is 0.0745. The SMILES string of the molecule is CCCC(Oc1ccc(Br)c(C(=O)O)c1)C(=O)O. The van der Waals surface area contributed by atoms with Gasteiger partial charge in [-0.25, -0.2) is 9.59 Å². The van der Waals surface area contributed by atoms with Crippen LogP contribution in [0.25, 0.3) is 0 Å². The Morgan fingerprint density at radius 3 is 2.56 bits per heavy atom. The summed E-state index contributed by atoms with van der Waals surface area (Å²) in [4.78, 5) is 21.8. The number of halogens is 1. The molecule has 1 rings (SSSR count). The van der Waals surface area contributed by atoms with Crippen LogP contribution in [0, 0.1) is 0 Å². The molecule has 2 N–H and O–H groups in total. The Morgan fingerprint density at radius 2 is 2.06 bits per heavy atom. The average Bonchev–Trinajstić information content (AvgIpc) is 2.30. The maximum absolute atomic E-state index is 10.9. The third-order valence-corrected chi connectivity index (χ3v) is 2.96. The van der Waals surface area contributed by atoms with Crippen molar-refractivity contribution in [1.82, 2.24) is 0 Å². The number of carbonyl (C=O) groups is 2. The first-order valence-corrected chi connectivity index (χ1v) is 6.17. The van der Waals surface area contributed by atoms with Crippen LogP contribution in [-0.4, -0.2) is 28.3 Å². The number of aromatic carboxylic acids is 1. The van der Waals surface area contributed by atoms with Crippen molar-refractivity contribution in [2.45, 2.75) is 25.9 Å². The van der Waals surface area contributed by atoms with Crippen LogP contribution in [0.2, 0.25) is 0 Å². The Morgan fingerprint density at radius 1 is 1.39 bits per heavy atom. The number of carboxylic acid groups (broad SMARTS) is 2. The Labute approximate surface area is 113 Å². The first-order chi connectivity index (χ1) is 8.45. The topological polar surface area (TPSA) is 83.8 Å². The van der Waals surface area contributed by atoms with Crippen LogP contribution in [-0.2, 0) is 4.79 Å². The highest BCUT2D eigenvalue weighted by atomic mass is 79.9. The van der Waals surface area contributed by atoms with Crippen molar-refractivity contribution in [3.8, 4) is 5.75 Å². The first kappa shape index (κ1) is 14.5. The third kappa shape index (κ3) is 3.73. The number of aliphatic carboxylic acids is 1. The second-order valence-electron chi connectivity index (χ2n) is 3.68. The van der Waals surface area contributed by atoms with Crippen molar-refractivity contribution >= 4 is 27.9 Å². The van der Waals surface area contributed by atoms with Gasteiger partial charge in [0.05, 0.1) is 5.56 Å². The minimum Gasteiger partial charge on any atom is -0.479 e. The molecule has 0 amide bonds. The highest BCUT2D eigenvalue weighted by Crippen LogP contribution is 2.24. The zero-order valence-electron chi connectivity index (χ0n) is 9.72. The number of rotatable bonds is 6. The average molecular weight is 317 g/mol. The van der Waals surface area contributed by atoms with Crippen LogP contribution in [0.3, 0.4) is 0 Å². The van der Waals surface area contributed by atoms with Crippen LogP contribution >= 0.6 is 15.9 Å². The summed E-state index contributed by atoms with van der Waals surface area (Å²) in [7, 11) is 0. The first-order valence-electron chi connectivity index (χ1n) is 5.38. The van der Waals surface area contributed by atoms with Gasteiger partial charge in [-0.2, -0.15) is 0 Å². The van der Waals surface area contributed by atoms with Crippen molar-refractivity contribution in [2.24, 2.45) is 0 Å². The van der Waals surface area contributed by atoms with Crippen molar-refractivity contribution in [3.05, 3.63) is 28.2 Å². The summed E-state index contributed by atoms with van der Waals surface area (Å²) in [5, 5.41) is 17.9. The van der Waals surface area contributed by atoms with Crippen LogP contribution in [0.15, 0.2) is 22.7 Å². The molecule has 5 nitrogen and oxygen atoms in total. The van der Waals surface area contributed by atoms with E-state index in [0.29, 0.717) is 17.3 Å². The Balaban J connectivity index is 2.93. The van der Waals surface area contributed by atoms with E-state index in [1.54, 1.807) is 0 Å². The quantitative estimate of drug-likeness (QED) is 0.843. The highest BCUT2D eigenvalue weighted by molar-refractivity contribution is 9.10. The molecule has 0 heterocycles. The van der Waals surface area contributed by atoms with E-state index in [0.717, 1.165) is 0 Å². The second kappa shape index (κ2) is 6.39. The molecule has 0 aliphatic carbocycles. The second-order valence-corrected chi connectivity index (χ2v) is 4.53. The van der Waals surface area contributed by atoms with Gasteiger partial charge in [0, 0.05) is 4.47 Å². The zero-order valence-corrected chi connectivity index (χ0v) is 11.3. The number of ether oxygens (including phenoxy) is 1.